The van der Waals surface area contributed by atoms with E-state index in [2.05, 4.69) is 28.9 Å². The van der Waals surface area contributed by atoms with Gasteiger partial charge in [-0.15, -0.1) is 0 Å². The molecule has 16 heavy (non-hydrogen) atoms. The molecule has 2 heterocycles. The second-order valence-corrected chi connectivity index (χ2v) is 6.59. The van der Waals surface area contributed by atoms with Crippen molar-refractivity contribution in [3.05, 3.63) is 0 Å². The molecule has 0 bridgehead atoms. The van der Waals surface area contributed by atoms with Gasteiger partial charge in [-0.3, -0.25) is 0 Å². The quantitative estimate of drug-likeness (QED) is 0.796. The van der Waals surface area contributed by atoms with Crippen LogP contribution in [0.5, 0.6) is 0 Å². The summed E-state index contributed by atoms with van der Waals surface area (Å²) < 4.78 is 0. The Morgan fingerprint density at radius 3 is 2.75 bits per heavy atom. The van der Waals surface area contributed by atoms with E-state index in [0.29, 0.717) is 0 Å². The largest absolute Gasteiger partial charge is 0.317 e. The summed E-state index contributed by atoms with van der Waals surface area (Å²) in [5.74, 6) is 2.34. The standard InChI is InChI=1S/C13H26N2S/c1-2-12-5-8-15(11-12)9-10-16-13-3-6-14-7-4-13/h12-14H,2-11H2,1H3. The number of thioether (sulfide) groups is 1. The number of nitrogens with one attached hydrogen (secondary N) is 1. The van der Waals surface area contributed by atoms with E-state index in [1.807, 2.05) is 0 Å². The van der Waals surface area contributed by atoms with Crippen LogP contribution < -0.4 is 5.32 Å². The van der Waals surface area contributed by atoms with Crippen LogP contribution in [0.15, 0.2) is 0 Å². The highest BCUT2D eigenvalue weighted by atomic mass is 32.2. The van der Waals surface area contributed by atoms with Crippen molar-refractivity contribution in [2.45, 2.75) is 37.9 Å². The summed E-state index contributed by atoms with van der Waals surface area (Å²) in [6.07, 6.45) is 5.57. The number of nitrogens with zero attached hydrogens (tertiary/aromatic N) is 1. The van der Waals surface area contributed by atoms with E-state index in [0.717, 1.165) is 11.2 Å². The predicted molar refractivity (Wildman–Crippen MR) is 73.2 cm³/mol. The van der Waals surface area contributed by atoms with E-state index in [9.17, 15) is 0 Å². The zero-order valence-electron chi connectivity index (χ0n) is 10.6. The molecule has 2 aliphatic heterocycles. The summed E-state index contributed by atoms with van der Waals surface area (Å²) in [7, 11) is 0. The number of piperidine rings is 1. The number of hydrogen-bond acceptors (Lipinski definition) is 3. The molecular formula is C13H26N2S. The SMILES string of the molecule is CCC1CCN(CCSC2CCNCC2)C1. The van der Waals surface area contributed by atoms with Crippen LogP contribution in [0.25, 0.3) is 0 Å². The molecule has 94 valence electrons. The molecular weight excluding hydrogens is 216 g/mol. The molecule has 1 N–H and O–H groups in total. The number of likely N-dealkylation sites (tertiary alicyclic amines) is 1. The highest BCUT2D eigenvalue weighted by Gasteiger charge is 2.20. The van der Waals surface area contributed by atoms with Crippen molar-refractivity contribution in [2.24, 2.45) is 5.92 Å². The molecule has 0 saturated carbocycles. The highest BCUT2D eigenvalue weighted by molar-refractivity contribution is 7.99. The van der Waals surface area contributed by atoms with Gasteiger partial charge in [-0.25, -0.2) is 0 Å². The van der Waals surface area contributed by atoms with Gasteiger partial charge >= 0.3 is 0 Å². The summed E-state index contributed by atoms with van der Waals surface area (Å²) in [4.78, 5) is 2.67. The summed E-state index contributed by atoms with van der Waals surface area (Å²) >= 11 is 2.21. The molecule has 0 aromatic heterocycles. The molecule has 2 nitrogen and oxygen atoms in total. The maximum Gasteiger partial charge on any atom is 0.00726 e. The molecule has 2 fully saturated rings. The highest BCUT2D eigenvalue weighted by Crippen LogP contribution is 2.22. The average molecular weight is 242 g/mol. The lowest BCUT2D eigenvalue weighted by molar-refractivity contribution is 0.343. The van der Waals surface area contributed by atoms with E-state index in [1.54, 1.807) is 0 Å². The van der Waals surface area contributed by atoms with Crippen molar-refractivity contribution in [3.63, 3.8) is 0 Å². The van der Waals surface area contributed by atoms with Gasteiger partial charge in [0, 0.05) is 24.1 Å². The summed E-state index contributed by atoms with van der Waals surface area (Å²) in [5, 5.41) is 4.37. The van der Waals surface area contributed by atoms with Crippen molar-refractivity contribution >= 4 is 11.8 Å². The van der Waals surface area contributed by atoms with Crippen molar-refractivity contribution in [3.8, 4) is 0 Å². The van der Waals surface area contributed by atoms with Gasteiger partial charge < -0.3 is 10.2 Å². The Kier molecular flexibility index (Phi) is 5.46. The minimum Gasteiger partial charge on any atom is -0.317 e. The van der Waals surface area contributed by atoms with Crippen LogP contribution in [0, 0.1) is 5.92 Å². The Bertz CT molecular complexity index is 192. The first kappa shape index (κ1) is 12.7. The van der Waals surface area contributed by atoms with Crippen LogP contribution in [0.1, 0.15) is 32.6 Å². The fraction of sp³-hybridized carbons (Fsp3) is 1.00. The van der Waals surface area contributed by atoms with Crippen molar-refractivity contribution in [1.82, 2.24) is 10.2 Å². The Morgan fingerprint density at radius 1 is 1.25 bits per heavy atom. The van der Waals surface area contributed by atoms with Crippen LogP contribution in [0.3, 0.4) is 0 Å². The average Bonchev–Trinajstić information content (AvgIpc) is 2.78. The molecule has 2 aliphatic rings. The van der Waals surface area contributed by atoms with Gasteiger partial charge in [-0.05, 0) is 44.8 Å². The maximum atomic E-state index is 3.44. The van der Waals surface area contributed by atoms with E-state index in [4.69, 9.17) is 0 Å². The van der Waals surface area contributed by atoms with Gasteiger partial charge in [0.05, 0.1) is 0 Å². The molecule has 0 aliphatic carbocycles. The first-order valence-electron chi connectivity index (χ1n) is 6.93. The third-order valence-electron chi connectivity index (χ3n) is 3.99. The Balaban J connectivity index is 1.54. The Labute approximate surface area is 105 Å². The molecule has 3 heteroatoms. The maximum absolute atomic E-state index is 3.44. The Morgan fingerprint density at radius 2 is 2.06 bits per heavy atom. The summed E-state index contributed by atoms with van der Waals surface area (Å²) in [6.45, 7) is 8.84. The van der Waals surface area contributed by atoms with E-state index >= 15 is 0 Å². The number of rotatable bonds is 5. The Hall–Kier alpha value is 0.270. The molecule has 0 aromatic carbocycles. The molecule has 2 saturated heterocycles. The minimum atomic E-state index is 0.936. The first-order valence-corrected chi connectivity index (χ1v) is 7.98. The van der Waals surface area contributed by atoms with E-state index < -0.39 is 0 Å². The van der Waals surface area contributed by atoms with Gasteiger partial charge in [-0.2, -0.15) is 11.8 Å². The second-order valence-electron chi connectivity index (χ2n) is 5.18. The molecule has 1 atom stereocenters. The fourth-order valence-corrected chi connectivity index (χ4v) is 4.03. The van der Waals surface area contributed by atoms with Crippen LogP contribution in [-0.4, -0.2) is 48.6 Å². The lowest BCUT2D eigenvalue weighted by Gasteiger charge is -2.23. The minimum absolute atomic E-state index is 0.936. The topological polar surface area (TPSA) is 15.3 Å². The molecule has 0 amide bonds. The van der Waals surface area contributed by atoms with Crippen LogP contribution in [0.2, 0.25) is 0 Å². The molecule has 1 unspecified atom stereocenters. The second kappa shape index (κ2) is 6.87. The van der Waals surface area contributed by atoms with E-state index in [1.165, 1.54) is 64.2 Å². The zero-order chi connectivity index (χ0) is 11.2. The fourth-order valence-electron chi connectivity index (χ4n) is 2.76. The smallest absolute Gasteiger partial charge is 0.00726 e. The van der Waals surface area contributed by atoms with Crippen molar-refractivity contribution in [1.29, 1.82) is 0 Å². The van der Waals surface area contributed by atoms with Crippen LogP contribution in [-0.2, 0) is 0 Å². The van der Waals surface area contributed by atoms with Crippen molar-refractivity contribution < 1.29 is 0 Å². The van der Waals surface area contributed by atoms with Gasteiger partial charge in [0.25, 0.3) is 0 Å². The van der Waals surface area contributed by atoms with Crippen LogP contribution >= 0.6 is 11.8 Å². The van der Waals surface area contributed by atoms with Crippen LogP contribution in [0.4, 0.5) is 0 Å². The molecule has 0 spiro atoms. The molecule has 0 aromatic rings. The first-order chi connectivity index (χ1) is 7.88. The summed E-state index contributed by atoms with van der Waals surface area (Å²) in [6, 6.07) is 0. The lowest BCUT2D eigenvalue weighted by atomic mass is 10.1. The molecule has 2 rings (SSSR count). The zero-order valence-corrected chi connectivity index (χ0v) is 11.4. The lowest BCUT2D eigenvalue weighted by Crippen LogP contribution is -2.30. The van der Waals surface area contributed by atoms with Gasteiger partial charge in [0.1, 0.15) is 0 Å². The predicted octanol–water partition coefficient (Wildman–Crippen LogP) is 2.20. The molecule has 0 radical (unpaired) electrons. The monoisotopic (exact) mass is 242 g/mol. The van der Waals surface area contributed by atoms with Gasteiger partial charge in [0.2, 0.25) is 0 Å². The third kappa shape index (κ3) is 3.94. The summed E-state index contributed by atoms with van der Waals surface area (Å²) in [5.41, 5.74) is 0. The third-order valence-corrected chi connectivity index (χ3v) is 5.36. The van der Waals surface area contributed by atoms with Gasteiger partial charge in [-0.1, -0.05) is 13.3 Å². The number of hydrogen-bond donors (Lipinski definition) is 1. The van der Waals surface area contributed by atoms with E-state index in [-0.39, 0.29) is 0 Å². The van der Waals surface area contributed by atoms with Gasteiger partial charge in [0.15, 0.2) is 0 Å². The van der Waals surface area contributed by atoms with Crippen molar-refractivity contribution in [2.75, 3.05) is 38.5 Å². The normalized spacial score (nSPS) is 28.7.